The van der Waals surface area contributed by atoms with Crippen molar-refractivity contribution in [2.45, 2.75) is 19.3 Å². The van der Waals surface area contributed by atoms with Crippen molar-refractivity contribution < 1.29 is 14.3 Å². The fourth-order valence-corrected chi connectivity index (χ4v) is 2.85. The molecule has 5 nitrogen and oxygen atoms in total. The molecule has 0 amide bonds. The first kappa shape index (κ1) is 15.9. The monoisotopic (exact) mass is 323 g/mol. The van der Waals surface area contributed by atoms with Crippen molar-refractivity contribution in [3.05, 3.63) is 57.5 Å². The van der Waals surface area contributed by atoms with Crippen LogP contribution in [0.5, 0.6) is 11.5 Å². The van der Waals surface area contributed by atoms with E-state index in [0.29, 0.717) is 17.1 Å². The Morgan fingerprint density at radius 2 is 2.04 bits per heavy atom. The van der Waals surface area contributed by atoms with Gasteiger partial charge in [-0.3, -0.25) is 9.59 Å². The molecule has 122 valence electrons. The van der Waals surface area contributed by atoms with Gasteiger partial charge in [0.1, 0.15) is 18.1 Å². The van der Waals surface area contributed by atoms with E-state index < -0.39 is 0 Å². The molecule has 0 saturated carbocycles. The Balaban J connectivity index is 2.04. The average molecular weight is 323 g/mol. The Hall–Kier alpha value is -3.00. The molecule has 3 rings (SSSR count). The minimum absolute atomic E-state index is 0.135. The van der Waals surface area contributed by atoms with Crippen molar-refractivity contribution in [1.82, 2.24) is 4.57 Å². The van der Waals surface area contributed by atoms with Crippen LogP contribution < -0.4 is 15.0 Å². The van der Waals surface area contributed by atoms with Crippen LogP contribution in [0.25, 0.3) is 0 Å². The summed E-state index contributed by atoms with van der Waals surface area (Å²) in [5.41, 5.74) is 1.97. The van der Waals surface area contributed by atoms with Gasteiger partial charge in [0.25, 0.3) is 5.56 Å². The van der Waals surface area contributed by atoms with Crippen LogP contribution in [0.15, 0.2) is 35.1 Å². The van der Waals surface area contributed by atoms with Gasteiger partial charge in [-0.25, -0.2) is 0 Å². The largest absolute Gasteiger partial charge is 0.481 e. The lowest BCUT2D eigenvalue weighted by Crippen LogP contribution is -2.31. The number of aromatic nitrogens is 1. The molecular weight excluding hydrogens is 306 g/mol. The van der Waals surface area contributed by atoms with E-state index in [2.05, 4.69) is 5.92 Å². The van der Waals surface area contributed by atoms with Gasteiger partial charge in [-0.15, -0.1) is 6.42 Å². The zero-order valence-corrected chi connectivity index (χ0v) is 13.5. The summed E-state index contributed by atoms with van der Waals surface area (Å²) in [5, 5.41) is 0. The molecule has 0 spiro atoms. The Morgan fingerprint density at radius 3 is 2.71 bits per heavy atom. The molecule has 0 fully saturated rings. The molecule has 0 aliphatic carbocycles. The SMILES string of the molecule is C#CCOc1ccc([C@H]2CC(=O)Oc3cc(C)n(C)c(=O)c32)cc1. The molecule has 5 heteroatoms. The van der Waals surface area contributed by atoms with E-state index in [0.717, 1.165) is 11.3 Å². The summed E-state index contributed by atoms with van der Waals surface area (Å²) >= 11 is 0. The number of hydrogen-bond acceptors (Lipinski definition) is 4. The van der Waals surface area contributed by atoms with Gasteiger partial charge in [0.05, 0.1) is 12.0 Å². The molecular formula is C19H17NO4. The number of rotatable bonds is 3. The highest BCUT2D eigenvalue weighted by atomic mass is 16.5. The van der Waals surface area contributed by atoms with E-state index in [9.17, 15) is 9.59 Å². The van der Waals surface area contributed by atoms with E-state index in [4.69, 9.17) is 15.9 Å². The van der Waals surface area contributed by atoms with Crippen LogP contribution in [0.3, 0.4) is 0 Å². The average Bonchev–Trinajstić information content (AvgIpc) is 2.57. The van der Waals surface area contributed by atoms with Gasteiger partial charge in [-0.2, -0.15) is 0 Å². The van der Waals surface area contributed by atoms with Gasteiger partial charge in [0.15, 0.2) is 0 Å². The van der Waals surface area contributed by atoms with Crippen LogP contribution in [0.4, 0.5) is 0 Å². The Labute approximate surface area is 139 Å². The summed E-state index contributed by atoms with van der Waals surface area (Å²) in [4.78, 5) is 24.6. The molecule has 0 N–H and O–H groups in total. The van der Waals surface area contributed by atoms with E-state index in [1.165, 1.54) is 0 Å². The standard InChI is InChI=1S/C19H17NO4/c1-4-9-23-14-7-5-13(6-8-14)15-11-17(21)24-16-10-12(2)20(3)19(22)18(15)16/h1,5-8,10,15H,9,11H2,2-3H3/t15-/m1/s1. The number of nitrogens with zero attached hydrogens (tertiary/aromatic N) is 1. The second-order valence-electron chi connectivity index (χ2n) is 5.72. The third-order valence-corrected chi connectivity index (χ3v) is 4.22. The molecule has 0 bridgehead atoms. The molecule has 1 aliphatic rings. The van der Waals surface area contributed by atoms with Crippen molar-refractivity contribution in [2.75, 3.05) is 6.61 Å². The first-order chi connectivity index (χ1) is 11.5. The number of aryl methyl sites for hydroxylation is 1. The van der Waals surface area contributed by atoms with Crippen LogP contribution in [0.1, 0.15) is 29.2 Å². The molecule has 0 unspecified atom stereocenters. The number of ether oxygens (including phenoxy) is 2. The topological polar surface area (TPSA) is 57.5 Å². The lowest BCUT2D eigenvalue weighted by molar-refractivity contribution is -0.135. The maximum Gasteiger partial charge on any atom is 0.312 e. The lowest BCUT2D eigenvalue weighted by Gasteiger charge is -2.25. The zero-order chi connectivity index (χ0) is 17.3. The van der Waals surface area contributed by atoms with Crippen LogP contribution in [-0.4, -0.2) is 17.1 Å². The smallest absolute Gasteiger partial charge is 0.312 e. The summed E-state index contributed by atoms with van der Waals surface area (Å²) in [6.07, 6.45) is 5.31. The minimum atomic E-state index is -0.340. The second kappa shape index (κ2) is 6.25. The fourth-order valence-electron chi connectivity index (χ4n) is 2.85. The number of esters is 1. The molecule has 1 aromatic carbocycles. The summed E-state index contributed by atoms with van der Waals surface area (Å²) in [5.74, 6) is 2.73. The number of fused-ring (bicyclic) bond motifs is 1. The molecule has 2 aromatic rings. The number of benzene rings is 1. The first-order valence-electron chi connectivity index (χ1n) is 7.58. The van der Waals surface area contributed by atoms with Gasteiger partial charge < -0.3 is 14.0 Å². The van der Waals surface area contributed by atoms with Crippen LogP contribution in [0.2, 0.25) is 0 Å². The van der Waals surface area contributed by atoms with Crippen molar-refractivity contribution in [1.29, 1.82) is 0 Å². The summed E-state index contributed by atoms with van der Waals surface area (Å²) in [6.45, 7) is 1.99. The summed E-state index contributed by atoms with van der Waals surface area (Å²) < 4.78 is 12.2. The number of terminal acetylenes is 1. The predicted octanol–water partition coefficient (Wildman–Crippen LogP) is 2.15. The molecule has 24 heavy (non-hydrogen) atoms. The van der Waals surface area contributed by atoms with Crippen molar-refractivity contribution in [3.8, 4) is 23.8 Å². The van der Waals surface area contributed by atoms with Gasteiger partial charge in [0.2, 0.25) is 0 Å². The van der Waals surface area contributed by atoms with E-state index in [1.54, 1.807) is 36.7 Å². The normalized spacial score (nSPS) is 16.0. The number of pyridine rings is 1. The molecule has 1 aliphatic heterocycles. The highest BCUT2D eigenvalue weighted by Gasteiger charge is 2.32. The Kier molecular flexibility index (Phi) is 4.13. The third-order valence-electron chi connectivity index (χ3n) is 4.22. The maximum absolute atomic E-state index is 12.7. The first-order valence-corrected chi connectivity index (χ1v) is 7.58. The quantitative estimate of drug-likeness (QED) is 0.641. The third kappa shape index (κ3) is 2.79. The van der Waals surface area contributed by atoms with Crippen LogP contribution in [0, 0.1) is 19.3 Å². The van der Waals surface area contributed by atoms with Crippen molar-refractivity contribution in [3.63, 3.8) is 0 Å². The zero-order valence-electron chi connectivity index (χ0n) is 13.5. The van der Waals surface area contributed by atoms with Crippen molar-refractivity contribution >= 4 is 5.97 Å². The van der Waals surface area contributed by atoms with Gasteiger partial charge in [0, 0.05) is 24.7 Å². The molecule has 1 aromatic heterocycles. The molecule has 0 saturated heterocycles. The Morgan fingerprint density at radius 1 is 1.33 bits per heavy atom. The second-order valence-corrected chi connectivity index (χ2v) is 5.72. The van der Waals surface area contributed by atoms with Crippen LogP contribution in [-0.2, 0) is 11.8 Å². The van der Waals surface area contributed by atoms with Gasteiger partial charge in [-0.1, -0.05) is 18.1 Å². The maximum atomic E-state index is 12.7. The van der Waals surface area contributed by atoms with E-state index in [-0.39, 0.29) is 30.5 Å². The Bertz CT molecular complexity index is 887. The lowest BCUT2D eigenvalue weighted by atomic mass is 9.87. The minimum Gasteiger partial charge on any atom is -0.481 e. The fraction of sp³-hybridized carbons (Fsp3) is 0.263. The van der Waals surface area contributed by atoms with Crippen LogP contribution >= 0.6 is 0 Å². The number of hydrogen-bond donors (Lipinski definition) is 0. The van der Waals surface area contributed by atoms with Gasteiger partial charge >= 0.3 is 5.97 Å². The highest BCUT2D eigenvalue weighted by molar-refractivity contribution is 5.77. The summed E-state index contributed by atoms with van der Waals surface area (Å²) in [6, 6.07) is 8.98. The predicted molar refractivity (Wildman–Crippen MR) is 89.3 cm³/mol. The number of carbonyl (C=O) groups excluding carboxylic acids is 1. The number of carbonyl (C=O) groups is 1. The highest BCUT2D eigenvalue weighted by Crippen LogP contribution is 2.37. The summed E-state index contributed by atoms with van der Waals surface area (Å²) in [7, 11) is 1.71. The van der Waals surface area contributed by atoms with Crippen molar-refractivity contribution in [2.24, 2.45) is 7.05 Å². The molecule has 0 radical (unpaired) electrons. The van der Waals surface area contributed by atoms with E-state index in [1.807, 2.05) is 12.1 Å². The van der Waals surface area contributed by atoms with Gasteiger partial charge in [-0.05, 0) is 24.6 Å². The molecule has 1 atom stereocenters. The molecule has 2 heterocycles. The van der Waals surface area contributed by atoms with E-state index >= 15 is 0 Å².